The van der Waals surface area contributed by atoms with Crippen LogP contribution in [0.5, 0.6) is 5.75 Å². The van der Waals surface area contributed by atoms with Crippen LogP contribution in [0.3, 0.4) is 0 Å². The second kappa shape index (κ2) is 11.9. The van der Waals surface area contributed by atoms with Gasteiger partial charge in [-0.05, 0) is 69.0 Å². The second-order valence-corrected chi connectivity index (χ2v) is 10.7. The number of aryl methyl sites for hydroxylation is 1. The number of aromatic hydroxyl groups is 1. The SMILES string of the molecule is CC(=O)OC1CC(NC(=O)CCCCCc2ccccc2)CC2(c3cccc(O)c3)CCN(C)CC12. The first kappa shape index (κ1) is 26.2. The highest BCUT2D eigenvalue weighted by atomic mass is 16.5. The number of phenols is 1. The molecule has 1 aliphatic carbocycles. The molecule has 4 rings (SSSR count). The fourth-order valence-corrected chi connectivity index (χ4v) is 6.35. The number of ether oxygens (including phenoxy) is 1. The normalized spacial score (nSPS) is 26.1. The molecule has 2 aromatic rings. The molecular weight excluding hydrogens is 452 g/mol. The number of hydrogen-bond donors (Lipinski definition) is 2. The van der Waals surface area contributed by atoms with Crippen molar-refractivity contribution in [3.8, 4) is 5.75 Å². The van der Waals surface area contributed by atoms with Crippen LogP contribution >= 0.6 is 0 Å². The second-order valence-electron chi connectivity index (χ2n) is 10.7. The molecule has 1 saturated heterocycles. The van der Waals surface area contributed by atoms with E-state index in [1.165, 1.54) is 12.5 Å². The van der Waals surface area contributed by atoms with Gasteiger partial charge in [-0.25, -0.2) is 0 Å². The summed E-state index contributed by atoms with van der Waals surface area (Å²) >= 11 is 0. The Labute approximate surface area is 215 Å². The first-order valence-corrected chi connectivity index (χ1v) is 13.3. The minimum Gasteiger partial charge on any atom is -0.508 e. The molecule has 4 atom stereocenters. The number of hydrogen-bond acceptors (Lipinski definition) is 5. The molecule has 36 heavy (non-hydrogen) atoms. The number of phenolic OH excluding ortho intramolecular Hbond substituents is 1. The van der Waals surface area contributed by atoms with Crippen LogP contribution in [0.15, 0.2) is 54.6 Å². The summed E-state index contributed by atoms with van der Waals surface area (Å²) in [5, 5.41) is 13.5. The summed E-state index contributed by atoms with van der Waals surface area (Å²) in [5.74, 6) is 0.125. The molecule has 6 nitrogen and oxygen atoms in total. The van der Waals surface area contributed by atoms with E-state index in [0.29, 0.717) is 12.8 Å². The van der Waals surface area contributed by atoms with Gasteiger partial charge in [-0.15, -0.1) is 0 Å². The van der Waals surface area contributed by atoms with Gasteiger partial charge in [0.15, 0.2) is 0 Å². The average Bonchev–Trinajstić information content (AvgIpc) is 2.84. The van der Waals surface area contributed by atoms with Crippen LogP contribution < -0.4 is 5.32 Å². The molecule has 0 bridgehead atoms. The van der Waals surface area contributed by atoms with Gasteiger partial charge in [-0.1, -0.05) is 48.9 Å². The van der Waals surface area contributed by atoms with Crippen molar-refractivity contribution in [3.63, 3.8) is 0 Å². The van der Waals surface area contributed by atoms with Crippen molar-refractivity contribution in [2.75, 3.05) is 20.1 Å². The number of esters is 1. The maximum absolute atomic E-state index is 12.9. The lowest BCUT2D eigenvalue weighted by Gasteiger charge is -2.55. The van der Waals surface area contributed by atoms with Crippen molar-refractivity contribution in [3.05, 3.63) is 65.7 Å². The summed E-state index contributed by atoms with van der Waals surface area (Å²) < 4.78 is 5.87. The van der Waals surface area contributed by atoms with E-state index in [1.807, 2.05) is 18.2 Å². The fraction of sp³-hybridized carbons (Fsp3) is 0.533. The minimum atomic E-state index is -0.288. The minimum absolute atomic E-state index is 0.0683. The van der Waals surface area contributed by atoms with Crippen LogP contribution in [0.2, 0.25) is 0 Å². The smallest absolute Gasteiger partial charge is 0.302 e. The van der Waals surface area contributed by atoms with E-state index < -0.39 is 0 Å². The van der Waals surface area contributed by atoms with Crippen LogP contribution in [-0.4, -0.2) is 54.2 Å². The van der Waals surface area contributed by atoms with Crippen molar-refractivity contribution in [2.24, 2.45) is 5.92 Å². The zero-order valence-corrected chi connectivity index (χ0v) is 21.6. The van der Waals surface area contributed by atoms with E-state index in [9.17, 15) is 14.7 Å². The summed E-state index contributed by atoms with van der Waals surface area (Å²) in [6.45, 7) is 3.19. The number of benzene rings is 2. The molecule has 2 fully saturated rings. The third-order valence-corrected chi connectivity index (χ3v) is 8.05. The van der Waals surface area contributed by atoms with Gasteiger partial charge in [-0.2, -0.15) is 0 Å². The van der Waals surface area contributed by atoms with Crippen LogP contribution in [0.25, 0.3) is 0 Å². The Bertz CT molecular complexity index is 1030. The number of carbonyl (C=O) groups is 2. The molecule has 4 unspecified atom stereocenters. The fourth-order valence-electron chi connectivity index (χ4n) is 6.35. The first-order chi connectivity index (χ1) is 17.4. The van der Waals surface area contributed by atoms with E-state index >= 15 is 0 Å². The average molecular weight is 493 g/mol. The number of carbonyl (C=O) groups excluding carboxylic acids is 2. The number of piperidine rings is 1. The topological polar surface area (TPSA) is 78.9 Å². The maximum atomic E-state index is 12.9. The highest BCUT2D eigenvalue weighted by molar-refractivity contribution is 5.76. The van der Waals surface area contributed by atoms with Crippen molar-refractivity contribution >= 4 is 11.9 Å². The van der Waals surface area contributed by atoms with E-state index in [1.54, 1.807) is 6.07 Å². The highest BCUT2D eigenvalue weighted by Gasteiger charge is 2.53. The number of unbranched alkanes of at least 4 members (excludes halogenated alkanes) is 2. The molecule has 2 aliphatic rings. The Kier molecular flexibility index (Phi) is 8.68. The summed E-state index contributed by atoms with van der Waals surface area (Å²) in [6, 6.07) is 17.9. The van der Waals surface area contributed by atoms with E-state index in [0.717, 1.165) is 57.2 Å². The molecule has 194 valence electrons. The lowest BCUT2D eigenvalue weighted by atomic mass is 9.57. The summed E-state index contributed by atoms with van der Waals surface area (Å²) in [4.78, 5) is 27.2. The monoisotopic (exact) mass is 492 g/mol. The van der Waals surface area contributed by atoms with Crippen molar-refractivity contribution in [1.29, 1.82) is 0 Å². The number of nitrogens with zero attached hydrogens (tertiary/aromatic N) is 1. The molecule has 1 heterocycles. The van der Waals surface area contributed by atoms with Crippen LogP contribution in [0.1, 0.15) is 63.0 Å². The predicted molar refractivity (Wildman–Crippen MR) is 141 cm³/mol. The molecule has 1 aliphatic heterocycles. The van der Waals surface area contributed by atoms with Crippen molar-refractivity contribution in [2.45, 2.75) is 75.9 Å². The molecule has 1 saturated carbocycles. The summed E-state index contributed by atoms with van der Waals surface area (Å²) in [7, 11) is 2.10. The number of likely N-dealkylation sites (tertiary alicyclic amines) is 1. The summed E-state index contributed by atoms with van der Waals surface area (Å²) in [6.07, 6.45) is 6.52. The molecule has 6 heteroatoms. The Morgan fingerprint density at radius 3 is 2.67 bits per heavy atom. The third-order valence-electron chi connectivity index (χ3n) is 8.05. The lowest BCUT2D eigenvalue weighted by Crippen LogP contribution is -2.61. The van der Waals surface area contributed by atoms with Gasteiger partial charge in [0, 0.05) is 43.7 Å². The van der Waals surface area contributed by atoms with E-state index in [-0.39, 0.29) is 41.1 Å². The Morgan fingerprint density at radius 1 is 1.11 bits per heavy atom. The van der Waals surface area contributed by atoms with Crippen LogP contribution in [0.4, 0.5) is 0 Å². The van der Waals surface area contributed by atoms with E-state index in [4.69, 9.17) is 4.74 Å². The van der Waals surface area contributed by atoms with Crippen LogP contribution in [-0.2, 0) is 26.2 Å². The molecule has 0 radical (unpaired) electrons. The van der Waals surface area contributed by atoms with Crippen LogP contribution in [0, 0.1) is 5.92 Å². The van der Waals surface area contributed by atoms with Gasteiger partial charge in [-0.3, -0.25) is 9.59 Å². The molecule has 2 aromatic carbocycles. The van der Waals surface area contributed by atoms with Gasteiger partial charge < -0.3 is 20.1 Å². The number of amides is 1. The molecule has 0 spiro atoms. The maximum Gasteiger partial charge on any atom is 0.302 e. The van der Waals surface area contributed by atoms with Gasteiger partial charge in [0.05, 0.1) is 0 Å². The third kappa shape index (κ3) is 6.47. The van der Waals surface area contributed by atoms with Gasteiger partial charge in [0.2, 0.25) is 5.91 Å². The van der Waals surface area contributed by atoms with Gasteiger partial charge in [0.25, 0.3) is 0 Å². The Morgan fingerprint density at radius 2 is 1.92 bits per heavy atom. The van der Waals surface area contributed by atoms with E-state index in [2.05, 4.69) is 47.6 Å². The number of nitrogens with one attached hydrogen (secondary N) is 1. The summed E-state index contributed by atoms with van der Waals surface area (Å²) in [5.41, 5.74) is 2.14. The molecule has 1 amide bonds. The van der Waals surface area contributed by atoms with Crippen molar-refractivity contribution < 1.29 is 19.4 Å². The molecule has 2 N–H and O–H groups in total. The Balaban J connectivity index is 1.42. The zero-order chi connectivity index (χ0) is 25.5. The zero-order valence-electron chi connectivity index (χ0n) is 21.6. The lowest BCUT2D eigenvalue weighted by molar-refractivity contribution is -0.157. The van der Waals surface area contributed by atoms with Crippen molar-refractivity contribution in [1.82, 2.24) is 10.2 Å². The molecule has 0 aromatic heterocycles. The molecular formula is C30H40N2O4. The number of rotatable bonds is 9. The predicted octanol–water partition coefficient (Wildman–Crippen LogP) is 4.60. The Hall–Kier alpha value is -2.86. The highest BCUT2D eigenvalue weighted by Crippen LogP contribution is 2.50. The van der Waals surface area contributed by atoms with Gasteiger partial charge in [0.1, 0.15) is 11.9 Å². The number of fused-ring (bicyclic) bond motifs is 1. The largest absolute Gasteiger partial charge is 0.508 e. The first-order valence-electron chi connectivity index (χ1n) is 13.3. The standard InChI is InChI=1S/C30H40N2O4/c1-22(33)36-28-19-25(31-29(35)15-8-4-7-12-23-10-5-3-6-11-23)20-30(16-17-32(2)21-27(28)30)24-13-9-14-26(34)18-24/h3,5-6,9-11,13-14,18,25,27-28,34H,4,7-8,12,15-17,19-21H2,1-2H3,(H,31,35). The quantitative estimate of drug-likeness (QED) is 0.395. The van der Waals surface area contributed by atoms with Gasteiger partial charge >= 0.3 is 5.97 Å².